The van der Waals surface area contributed by atoms with E-state index in [-0.39, 0.29) is 11.7 Å². The van der Waals surface area contributed by atoms with Gasteiger partial charge in [-0.25, -0.2) is 4.39 Å². The highest BCUT2D eigenvalue weighted by Gasteiger charge is 2.18. The molecule has 0 radical (unpaired) electrons. The lowest BCUT2D eigenvalue weighted by Gasteiger charge is -2.27. The molecule has 17 heavy (non-hydrogen) atoms. The van der Waals surface area contributed by atoms with Crippen LogP contribution in [0, 0.1) is 5.82 Å². The second-order valence-electron chi connectivity index (χ2n) is 4.01. The van der Waals surface area contributed by atoms with E-state index in [2.05, 4.69) is 17.9 Å². The third kappa shape index (κ3) is 2.79. The molecule has 1 saturated heterocycles. The number of rotatable bonds is 2. The van der Waals surface area contributed by atoms with Gasteiger partial charge in [-0.05, 0) is 23.8 Å². The number of nitrogens with one attached hydrogen (secondary N) is 1. The molecule has 5 heteroatoms. The van der Waals surface area contributed by atoms with E-state index in [0.717, 1.165) is 13.1 Å². The number of carbonyl (C=O) groups excluding carboxylic acids is 1. The van der Waals surface area contributed by atoms with Gasteiger partial charge in [0.2, 0.25) is 0 Å². The van der Waals surface area contributed by atoms with Crippen LogP contribution < -0.4 is 5.32 Å². The predicted molar refractivity (Wildman–Crippen MR) is 67.9 cm³/mol. The Hall–Kier alpha value is -1.07. The fraction of sp³-hybridized carbons (Fsp3) is 0.417. The minimum absolute atomic E-state index is 0.0328. The Kier molecular flexibility index (Phi) is 4.02. The summed E-state index contributed by atoms with van der Waals surface area (Å²) in [6.07, 6.45) is 0. The molecule has 1 aliphatic rings. The molecule has 3 nitrogen and oxygen atoms in total. The highest BCUT2D eigenvalue weighted by Crippen LogP contribution is 2.14. The van der Waals surface area contributed by atoms with Crippen molar-refractivity contribution in [1.82, 2.24) is 10.2 Å². The molecule has 92 valence electrons. The molecule has 0 aromatic heterocycles. The van der Waals surface area contributed by atoms with Gasteiger partial charge in [0.25, 0.3) is 5.91 Å². The minimum atomic E-state index is -0.308. The van der Waals surface area contributed by atoms with Crippen molar-refractivity contribution in [3.05, 3.63) is 35.1 Å². The second kappa shape index (κ2) is 5.51. The van der Waals surface area contributed by atoms with Gasteiger partial charge in [0.1, 0.15) is 5.82 Å². The van der Waals surface area contributed by atoms with Crippen LogP contribution in [0.4, 0.5) is 4.39 Å². The number of piperazine rings is 1. The number of hydrogen-bond acceptors (Lipinski definition) is 3. The van der Waals surface area contributed by atoms with Gasteiger partial charge in [-0.1, -0.05) is 0 Å². The Morgan fingerprint density at radius 2 is 2.12 bits per heavy atom. The maximum Gasteiger partial charge on any atom is 0.253 e. The lowest BCUT2D eigenvalue weighted by molar-refractivity contribution is 0.0735. The molecule has 2 rings (SSSR count). The van der Waals surface area contributed by atoms with Crippen molar-refractivity contribution in [3.8, 4) is 0 Å². The first kappa shape index (κ1) is 12.4. The molecule has 1 amide bonds. The van der Waals surface area contributed by atoms with Crippen molar-refractivity contribution in [2.24, 2.45) is 0 Å². The van der Waals surface area contributed by atoms with Gasteiger partial charge in [-0.3, -0.25) is 4.79 Å². The van der Waals surface area contributed by atoms with E-state index in [0.29, 0.717) is 30.0 Å². The van der Waals surface area contributed by atoms with Crippen LogP contribution in [-0.4, -0.2) is 37.0 Å². The predicted octanol–water partition coefficient (Wildman–Crippen LogP) is 1.30. The van der Waals surface area contributed by atoms with Crippen molar-refractivity contribution in [2.45, 2.75) is 5.75 Å². The zero-order valence-electron chi connectivity index (χ0n) is 9.45. The van der Waals surface area contributed by atoms with Crippen molar-refractivity contribution in [2.75, 3.05) is 26.2 Å². The van der Waals surface area contributed by atoms with E-state index in [1.165, 1.54) is 12.1 Å². The summed E-state index contributed by atoms with van der Waals surface area (Å²) in [5.41, 5.74) is 1.01. The molecule has 0 bridgehead atoms. The standard InChI is InChI=1S/C12H15FN2OS/c13-11-2-1-9(7-10(11)8-17)12(16)15-5-3-14-4-6-15/h1-2,7,14,17H,3-6,8H2. The summed E-state index contributed by atoms with van der Waals surface area (Å²) in [4.78, 5) is 13.9. The molecule has 1 N–H and O–H groups in total. The molecule has 0 unspecified atom stereocenters. The molecule has 0 atom stereocenters. The number of nitrogens with zero attached hydrogens (tertiary/aromatic N) is 1. The van der Waals surface area contributed by atoms with Crippen LogP contribution >= 0.6 is 12.6 Å². The van der Waals surface area contributed by atoms with Gasteiger partial charge in [0.05, 0.1) is 0 Å². The highest BCUT2D eigenvalue weighted by molar-refractivity contribution is 7.79. The summed E-state index contributed by atoms with van der Waals surface area (Å²) in [5, 5.41) is 3.19. The quantitative estimate of drug-likeness (QED) is 0.780. The van der Waals surface area contributed by atoms with Crippen molar-refractivity contribution < 1.29 is 9.18 Å². The lowest BCUT2D eigenvalue weighted by atomic mass is 10.1. The monoisotopic (exact) mass is 254 g/mol. The van der Waals surface area contributed by atoms with Crippen LogP contribution in [0.1, 0.15) is 15.9 Å². The molecule has 0 saturated carbocycles. The van der Waals surface area contributed by atoms with E-state index in [4.69, 9.17) is 0 Å². The minimum Gasteiger partial charge on any atom is -0.336 e. The number of halogens is 1. The average molecular weight is 254 g/mol. The number of amides is 1. The maximum atomic E-state index is 13.3. The summed E-state index contributed by atoms with van der Waals surface area (Å²) in [6, 6.07) is 4.46. The fourth-order valence-electron chi connectivity index (χ4n) is 1.88. The SMILES string of the molecule is O=C(c1ccc(F)c(CS)c1)N1CCNCC1. The Morgan fingerprint density at radius 1 is 1.41 bits per heavy atom. The second-order valence-corrected chi connectivity index (χ2v) is 4.32. The molecular weight excluding hydrogens is 239 g/mol. The van der Waals surface area contributed by atoms with Crippen molar-refractivity contribution in [1.29, 1.82) is 0 Å². The summed E-state index contributed by atoms with van der Waals surface area (Å²) in [5.74, 6) is -0.0412. The third-order valence-corrected chi connectivity index (χ3v) is 3.21. The Labute approximate surface area is 105 Å². The van der Waals surface area contributed by atoms with Crippen LogP contribution in [0.25, 0.3) is 0 Å². The topological polar surface area (TPSA) is 32.3 Å². The lowest BCUT2D eigenvalue weighted by Crippen LogP contribution is -2.46. The Bertz CT molecular complexity index is 419. The first-order valence-corrected chi connectivity index (χ1v) is 6.25. The summed E-state index contributed by atoms with van der Waals surface area (Å²) >= 11 is 4.05. The highest BCUT2D eigenvalue weighted by atomic mass is 32.1. The number of hydrogen-bond donors (Lipinski definition) is 2. The van der Waals surface area contributed by atoms with Crippen LogP contribution in [0.5, 0.6) is 0 Å². The zero-order valence-corrected chi connectivity index (χ0v) is 10.3. The molecular formula is C12H15FN2OS. The molecule has 1 aromatic rings. The molecule has 0 spiro atoms. The van der Waals surface area contributed by atoms with Gasteiger partial charge in [0.15, 0.2) is 0 Å². The Balaban J connectivity index is 2.18. The maximum absolute atomic E-state index is 13.3. The number of carbonyl (C=O) groups is 1. The van der Waals surface area contributed by atoms with E-state index in [9.17, 15) is 9.18 Å². The smallest absolute Gasteiger partial charge is 0.253 e. The number of benzene rings is 1. The van der Waals surface area contributed by atoms with Gasteiger partial charge >= 0.3 is 0 Å². The summed E-state index contributed by atoms with van der Waals surface area (Å²) < 4.78 is 13.3. The largest absolute Gasteiger partial charge is 0.336 e. The molecule has 1 aliphatic heterocycles. The first-order valence-electron chi connectivity index (χ1n) is 5.61. The van der Waals surface area contributed by atoms with Crippen LogP contribution in [-0.2, 0) is 5.75 Å². The van der Waals surface area contributed by atoms with Gasteiger partial charge < -0.3 is 10.2 Å². The normalized spacial score (nSPS) is 16.0. The molecule has 1 aromatic carbocycles. The molecule has 1 fully saturated rings. The van der Waals surface area contributed by atoms with Crippen LogP contribution in [0.2, 0.25) is 0 Å². The average Bonchev–Trinajstić information content (AvgIpc) is 2.39. The molecule has 0 aliphatic carbocycles. The van der Waals surface area contributed by atoms with Crippen molar-refractivity contribution in [3.63, 3.8) is 0 Å². The van der Waals surface area contributed by atoms with Gasteiger partial charge in [-0.2, -0.15) is 12.6 Å². The van der Waals surface area contributed by atoms with E-state index in [1.54, 1.807) is 11.0 Å². The Morgan fingerprint density at radius 3 is 2.76 bits per heavy atom. The van der Waals surface area contributed by atoms with Crippen LogP contribution in [0.3, 0.4) is 0 Å². The van der Waals surface area contributed by atoms with E-state index in [1.807, 2.05) is 0 Å². The summed E-state index contributed by atoms with van der Waals surface area (Å²) in [6.45, 7) is 3.03. The molecule has 1 heterocycles. The van der Waals surface area contributed by atoms with Gasteiger partial charge in [0, 0.05) is 37.5 Å². The fourth-order valence-corrected chi connectivity index (χ4v) is 2.12. The first-order chi connectivity index (χ1) is 8.22. The van der Waals surface area contributed by atoms with Gasteiger partial charge in [-0.15, -0.1) is 0 Å². The summed E-state index contributed by atoms with van der Waals surface area (Å²) in [7, 11) is 0. The zero-order chi connectivity index (χ0) is 12.3. The van der Waals surface area contributed by atoms with E-state index >= 15 is 0 Å². The number of thiol groups is 1. The van der Waals surface area contributed by atoms with E-state index < -0.39 is 0 Å². The van der Waals surface area contributed by atoms with Crippen molar-refractivity contribution >= 4 is 18.5 Å². The van der Waals surface area contributed by atoms with Crippen LogP contribution in [0.15, 0.2) is 18.2 Å². The third-order valence-electron chi connectivity index (χ3n) is 2.87.